The smallest absolute Gasteiger partial charge is 0.323 e. The molecular weight excluding hydrogens is 278 g/mol. The first-order chi connectivity index (χ1) is 9.76. The fourth-order valence-electron chi connectivity index (χ4n) is 2.55. The number of carbonyl (C=O) groups is 1. The standard InChI is InChI=1S/C15H20ClNO3/c1-19-15(18)14-8-5-9-17(14)12(10-16)11-20-13-6-3-2-4-7-13/h2-4,6-7,12,14H,5,8-11H2,1H3/t12-,14-/m0/s1. The molecule has 5 heteroatoms. The number of benzene rings is 1. The summed E-state index contributed by atoms with van der Waals surface area (Å²) in [4.78, 5) is 13.9. The molecule has 1 fully saturated rings. The Balaban J connectivity index is 1.95. The van der Waals surface area contributed by atoms with E-state index in [-0.39, 0.29) is 18.1 Å². The summed E-state index contributed by atoms with van der Waals surface area (Å²) in [6, 6.07) is 9.45. The van der Waals surface area contributed by atoms with Crippen molar-refractivity contribution in [1.29, 1.82) is 0 Å². The van der Waals surface area contributed by atoms with Crippen LogP contribution in [0.4, 0.5) is 0 Å². The zero-order valence-electron chi connectivity index (χ0n) is 11.6. The zero-order valence-corrected chi connectivity index (χ0v) is 12.4. The van der Waals surface area contributed by atoms with Gasteiger partial charge < -0.3 is 9.47 Å². The number of likely N-dealkylation sites (tertiary alicyclic amines) is 1. The van der Waals surface area contributed by atoms with Gasteiger partial charge in [-0.1, -0.05) is 18.2 Å². The highest BCUT2D eigenvalue weighted by molar-refractivity contribution is 6.18. The number of hydrogen-bond donors (Lipinski definition) is 0. The lowest BCUT2D eigenvalue weighted by atomic mass is 10.2. The first-order valence-corrected chi connectivity index (χ1v) is 7.37. The highest BCUT2D eigenvalue weighted by Gasteiger charge is 2.36. The van der Waals surface area contributed by atoms with Crippen LogP contribution in [0.2, 0.25) is 0 Å². The molecule has 110 valence electrons. The van der Waals surface area contributed by atoms with Crippen LogP contribution in [0.1, 0.15) is 12.8 Å². The summed E-state index contributed by atoms with van der Waals surface area (Å²) >= 11 is 6.05. The number of carbonyl (C=O) groups excluding carboxylic acids is 1. The summed E-state index contributed by atoms with van der Waals surface area (Å²) in [5.41, 5.74) is 0. The third-order valence-corrected chi connectivity index (χ3v) is 3.96. The lowest BCUT2D eigenvalue weighted by Gasteiger charge is -2.30. The Kier molecular flexibility index (Phi) is 5.68. The lowest BCUT2D eigenvalue weighted by Crippen LogP contribution is -2.47. The molecule has 0 spiro atoms. The van der Waals surface area contributed by atoms with Gasteiger partial charge in [0.2, 0.25) is 0 Å². The van der Waals surface area contributed by atoms with Gasteiger partial charge in [0.1, 0.15) is 18.4 Å². The van der Waals surface area contributed by atoms with Gasteiger partial charge in [-0.05, 0) is 31.5 Å². The molecule has 1 saturated heterocycles. The number of para-hydroxylation sites is 1. The van der Waals surface area contributed by atoms with Gasteiger partial charge in [0, 0.05) is 5.88 Å². The van der Waals surface area contributed by atoms with Crippen LogP contribution in [0.3, 0.4) is 0 Å². The largest absolute Gasteiger partial charge is 0.492 e. The molecule has 20 heavy (non-hydrogen) atoms. The summed E-state index contributed by atoms with van der Waals surface area (Å²) in [7, 11) is 1.43. The van der Waals surface area contributed by atoms with Crippen molar-refractivity contribution in [3.8, 4) is 5.75 Å². The van der Waals surface area contributed by atoms with Crippen LogP contribution < -0.4 is 4.74 Å². The van der Waals surface area contributed by atoms with Crippen molar-refractivity contribution in [3.63, 3.8) is 0 Å². The predicted octanol–water partition coefficient (Wildman–Crippen LogP) is 2.31. The molecule has 0 aromatic heterocycles. The van der Waals surface area contributed by atoms with Crippen LogP contribution in [0.5, 0.6) is 5.75 Å². The van der Waals surface area contributed by atoms with Crippen LogP contribution in [0, 0.1) is 0 Å². The van der Waals surface area contributed by atoms with Crippen LogP contribution in [-0.2, 0) is 9.53 Å². The van der Waals surface area contributed by atoms with Gasteiger partial charge in [0.05, 0.1) is 13.2 Å². The third kappa shape index (κ3) is 3.64. The van der Waals surface area contributed by atoms with E-state index in [2.05, 4.69) is 4.90 Å². The molecule has 4 nitrogen and oxygen atoms in total. The minimum Gasteiger partial charge on any atom is -0.492 e. The number of hydrogen-bond acceptors (Lipinski definition) is 4. The summed E-state index contributed by atoms with van der Waals surface area (Å²) < 4.78 is 10.6. The molecule has 0 saturated carbocycles. The molecule has 1 aromatic carbocycles. The van der Waals surface area contributed by atoms with Crippen molar-refractivity contribution in [2.75, 3.05) is 26.1 Å². The van der Waals surface area contributed by atoms with Crippen LogP contribution in [0.25, 0.3) is 0 Å². The van der Waals surface area contributed by atoms with E-state index >= 15 is 0 Å². The zero-order chi connectivity index (χ0) is 14.4. The summed E-state index contributed by atoms with van der Waals surface area (Å²) in [5.74, 6) is 1.06. The second kappa shape index (κ2) is 7.50. The monoisotopic (exact) mass is 297 g/mol. The van der Waals surface area contributed by atoms with E-state index in [1.54, 1.807) is 0 Å². The maximum atomic E-state index is 11.8. The molecule has 0 radical (unpaired) electrons. The Hall–Kier alpha value is -1.26. The Morgan fingerprint density at radius 3 is 2.85 bits per heavy atom. The van der Waals surface area contributed by atoms with Crippen molar-refractivity contribution < 1.29 is 14.3 Å². The first kappa shape index (κ1) is 15.1. The minimum atomic E-state index is -0.192. The van der Waals surface area contributed by atoms with Gasteiger partial charge in [-0.25, -0.2) is 0 Å². The number of halogens is 1. The van der Waals surface area contributed by atoms with E-state index < -0.39 is 0 Å². The second-order valence-electron chi connectivity index (χ2n) is 4.85. The molecular formula is C15H20ClNO3. The highest BCUT2D eigenvalue weighted by atomic mass is 35.5. The fraction of sp³-hybridized carbons (Fsp3) is 0.533. The fourth-order valence-corrected chi connectivity index (χ4v) is 2.82. The quantitative estimate of drug-likeness (QED) is 0.597. The average molecular weight is 298 g/mol. The van der Waals surface area contributed by atoms with Crippen LogP contribution in [0.15, 0.2) is 30.3 Å². The Morgan fingerprint density at radius 1 is 1.45 bits per heavy atom. The summed E-state index contributed by atoms with van der Waals surface area (Å²) in [6.45, 7) is 1.33. The number of nitrogens with zero attached hydrogens (tertiary/aromatic N) is 1. The third-order valence-electron chi connectivity index (χ3n) is 3.60. The number of methoxy groups -OCH3 is 1. The Labute approximate surface area is 124 Å². The topological polar surface area (TPSA) is 38.8 Å². The molecule has 1 aliphatic rings. The molecule has 1 aromatic rings. The van der Waals surface area contributed by atoms with Crippen LogP contribution >= 0.6 is 11.6 Å². The summed E-state index contributed by atoms with van der Waals surface area (Å²) in [6.07, 6.45) is 1.81. The van der Waals surface area contributed by atoms with Crippen molar-refractivity contribution in [2.24, 2.45) is 0 Å². The van der Waals surface area contributed by atoms with Crippen molar-refractivity contribution >= 4 is 17.6 Å². The maximum absolute atomic E-state index is 11.8. The molecule has 2 rings (SSSR count). The highest BCUT2D eigenvalue weighted by Crippen LogP contribution is 2.22. The van der Waals surface area contributed by atoms with Gasteiger partial charge in [0.25, 0.3) is 0 Å². The lowest BCUT2D eigenvalue weighted by molar-refractivity contribution is -0.146. The van der Waals surface area contributed by atoms with Crippen LogP contribution in [-0.4, -0.2) is 49.1 Å². The van der Waals surface area contributed by atoms with E-state index in [1.807, 2.05) is 30.3 Å². The molecule has 0 unspecified atom stereocenters. The second-order valence-corrected chi connectivity index (χ2v) is 5.16. The number of rotatable bonds is 6. The Bertz CT molecular complexity index is 426. The van der Waals surface area contributed by atoms with Gasteiger partial charge in [-0.2, -0.15) is 0 Å². The molecule has 0 N–H and O–H groups in total. The van der Waals surface area contributed by atoms with E-state index in [1.165, 1.54) is 7.11 Å². The molecule has 0 bridgehead atoms. The molecule has 1 aliphatic heterocycles. The molecule has 0 aliphatic carbocycles. The normalized spacial score (nSPS) is 20.6. The van der Waals surface area contributed by atoms with E-state index in [4.69, 9.17) is 21.1 Å². The predicted molar refractivity (Wildman–Crippen MR) is 78.2 cm³/mol. The van der Waals surface area contributed by atoms with Gasteiger partial charge in [0.15, 0.2) is 0 Å². The molecule has 1 heterocycles. The van der Waals surface area contributed by atoms with Gasteiger partial charge >= 0.3 is 5.97 Å². The maximum Gasteiger partial charge on any atom is 0.323 e. The Morgan fingerprint density at radius 2 is 2.20 bits per heavy atom. The average Bonchev–Trinajstić information content (AvgIpc) is 2.97. The van der Waals surface area contributed by atoms with Crippen molar-refractivity contribution in [2.45, 2.75) is 24.9 Å². The number of ether oxygens (including phenoxy) is 2. The molecule has 0 amide bonds. The SMILES string of the molecule is COC(=O)[C@@H]1CCCN1[C@@H](CCl)COc1ccccc1. The van der Waals surface area contributed by atoms with Crippen molar-refractivity contribution in [1.82, 2.24) is 4.90 Å². The van der Waals surface area contributed by atoms with Crippen molar-refractivity contribution in [3.05, 3.63) is 30.3 Å². The summed E-state index contributed by atoms with van der Waals surface area (Å²) in [5, 5.41) is 0. The minimum absolute atomic E-state index is 0.0171. The van der Waals surface area contributed by atoms with Gasteiger partial charge in [-0.15, -0.1) is 11.6 Å². The number of alkyl halides is 1. The molecule has 2 atom stereocenters. The van der Waals surface area contributed by atoms with E-state index in [0.717, 1.165) is 25.1 Å². The first-order valence-electron chi connectivity index (χ1n) is 6.83. The van der Waals surface area contributed by atoms with E-state index in [0.29, 0.717) is 12.5 Å². The van der Waals surface area contributed by atoms with Gasteiger partial charge in [-0.3, -0.25) is 9.69 Å². The van der Waals surface area contributed by atoms with E-state index in [9.17, 15) is 4.79 Å². The number of esters is 1.